The Kier molecular flexibility index (Phi) is 6.16. The highest BCUT2D eigenvalue weighted by Crippen LogP contribution is 2.20. The molecule has 0 heterocycles. The molecule has 2 N–H and O–H groups in total. The lowest BCUT2D eigenvalue weighted by molar-refractivity contribution is -0.384. The Hall–Kier alpha value is -2.58. The second kappa shape index (κ2) is 8.32. The number of non-ortho nitro benzene ring substituents is 1. The molecule has 2 aromatic carbocycles. The zero-order valence-electron chi connectivity index (χ0n) is 12.6. The largest absolute Gasteiger partial charge is 0.435 e. The Morgan fingerprint density at radius 3 is 2.54 bits per heavy atom. The summed E-state index contributed by atoms with van der Waals surface area (Å²) in [5.41, 5.74) is 1.28. The van der Waals surface area contributed by atoms with Crippen molar-refractivity contribution in [3.8, 4) is 5.75 Å². The Balaban J connectivity index is 1.86. The molecule has 0 saturated heterocycles. The van der Waals surface area contributed by atoms with E-state index >= 15 is 0 Å². The molecule has 1 unspecified atom stereocenters. The van der Waals surface area contributed by atoms with Crippen LogP contribution in [0, 0.1) is 10.1 Å². The number of halogens is 2. The lowest BCUT2D eigenvalue weighted by Crippen LogP contribution is -2.21. The van der Waals surface area contributed by atoms with Gasteiger partial charge in [-0.25, -0.2) is 0 Å². The number of nitro groups is 1. The molecule has 0 spiro atoms. The average Bonchev–Trinajstić information content (AvgIpc) is 2.55. The Labute approximate surface area is 136 Å². The van der Waals surface area contributed by atoms with Gasteiger partial charge in [-0.15, -0.1) is 0 Å². The molecule has 0 saturated carbocycles. The van der Waals surface area contributed by atoms with Crippen LogP contribution in [0.25, 0.3) is 0 Å². The van der Waals surface area contributed by atoms with Crippen LogP contribution >= 0.6 is 0 Å². The van der Waals surface area contributed by atoms with Crippen molar-refractivity contribution < 1.29 is 23.5 Å². The lowest BCUT2D eigenvalue weighted by atomic mass is 10.1. The first-order valence-corrected chi connectivity index (χ1v) is 7.12. The van der Waals surface area contributed by atoms with E-state index in [0.717, 1.165) is 5.56 Å². The topological polar surface area (TPSA) is 84.6 Å². The fourth-order valence-electron chi connectivity index (χ4n) is 2.10. The number of nitro benzene ring substituents is 1. The number of nitrogens with zero attached hydrogens (tertiary/aromatic N) is 1. The van der Waals surface area contributed by atoms with E-state index in [0.29, 0.717) is 12.1 Å². The van der Waals surface area contributed by atoms with Crippen LogP contribution in [0.5, 0.6) is 5.75 Å². The summed E-state index contributed by atoms with van der Waals surface area (Å²) in [6.45, 7) is -2.32. The maximum atomic E-state index is 12.2. The molecule has 128 valence electrons. The quantitative estimate of drug-likeness (QED) is 0.571. The number of ether oxygens (including phenoxy) is 1. The molecule has 0 fully saturated rings. The van der Waals surface area contributed by atoms with Gasteiger partial charge in [-0.2, -0.15) is 8.78 Å². The van der Waals surface area contributed by atoms with Gasteiger partial charge in [-0.3, -0.25) is 10.1 Å². The summed E-state index contributed by atoms with van der Waals surface area (Å²) in [6.07, 6.45) is -0.899. The molecule has 0 aliphatic heterocycles. The van der Waals surface area contributed by atoms with Gasteiger partial charge in [0.25, 0.3) is 5.69 Å². The number of aliphatic hydroxyl groups excluding tert-OH is 1. The first kappa shape index (κ1) is 17.8. The number of hydrogen-bond donors (Lipinski definition) is 2. The lowest BCUT2D eigenvalue weighted by Gasteiger charge is -2.13. The average molecular weight is 338 g/mol. The molecule has 1 atom stereocenters. The molecule has 0 aliphatic carbocycles. The first-order valence-electron chi connectivity index (χ1n) is 7.12. The summed E-state index contributed by atoms with van der Waals surface area (Å²) in [5.74, 6) is -0.0167. The normalized spacial score (nSPS) is 12.2. The van der Waals surface area contributed by atoms with Crippen molar-refractivity contribution in [2.75, 3.05) is 6.54 Å². The van der Waals surface area contributed by atoms with Crippen LogP contribution in [-0.2, 0) is 6.54 Å². The predicted molar refractivity (Wildman–Crippen MR) is 82.8 cm³/mol. The summed E-state index contributed by atoms with van der Waals surface area (Å²) in [7, 11) is 0. The van der Waals surface area contributed by atoms with Crippen molar-refractivity contribution >= 4 is 5.69 Å². The molecule has 0 radical (unpaired) electrons. The van der Waals surface area contributed by atoms with Crippen molar-refractivity contribution in [3.63, 3.8) is 0 Å². The third kappa shape index (κ3) is 5.25. The molecule has 0 amide bonds. The molecule has 0 bridgehead atoms. The number of benzene rings is 2. The van der Waals surface area contributed by atoms with Crippen LogP contribution in [0.3, 0.4) is 0 Å². The molecule has 0 aliphatic rings. The van der Waals surface area contributed by atoms with Gasteiger partial charge in [0.05, 0.1) is 11.0 Å². The van der Waals surface area contributed by atoms with E-state index in [2.05, 4.69) is 10.1 Å². The molecule has 2 rings (SSSR count). The van der Waals surface area contributed by atoms with Crippen molar-refractivity contribution in [1.29, 1.82) is 0 Å². The van der Waals surface area contributed by atoms with E-state index in [4.69, 9.17) is 0 Å². The van der Waals surface area contributed by atoms with Crippen LogP contribution in [-0.4, -0.2) is 23.2 Å². The van der Waals surface area contributed by atoms with Crippen LogP contribution in [0.15, 0.2) is 48.5 Å². The SMILES string of the molecule is O=[N+]([O-])c1ccc(CNCC(O)c2cccc(OC(F)F)c2)cc1. The van der Waals surface area contributed by atoms with Gasteiger partial charge in [0.1, 0.15) is 5.75 Å². The van der Waals surface area contributed by atoms with Crippen LogP contribution in [0.4, 0.5) is 14.5 Å². The van der Waals surface area contributed by atoms with Gasteiger partial charge in [-0.05, 0) is 23.3 Å². The monoisotopic (exact) mass is 338 g/mol. The summed E-state index contributed by atoms with van der Waals surface area (Å²) in [6, 6.07) is 11.9. The Morgan fingerprint density at radius 1 is 1.21 bits per heavy atom. The van der Waals surface area contributed by atoms with Crippen LogP contribution in [0.2, 0.25) is 0 Å². The molecule has 2 aromatic rings. The molecular formula is C16H16F2N2O4. The highest BCUT2D eigenvalue weighted by molar-refractivity contribution is 5.33. The number of nitrogens with one attached hydrogen (secondary N) is 1. The number of hydrogen-bond acceptors (Lipinski definition) is 5. The summed E-state index contributed by atoms with van der Waals surface area (Å²) >= 11 is 0. The fraction of sp³-hybridized carbons (Fsp3) is 0.250. The second-order valence-corrected chi connectivity index (χ2v) is 5.02. The van der Waals surface area contributed by atoms with Crippen molar-refractivity contribution in [2.24, 2.45) is 0 Å². The third-order valence-electron chi connectivity index (χ3n) is 3.28. The zero-order valence-corrected chi connectivity index (χ0v) is 12.6. The minimum atomic E-state index is -2.92. The molecular weight excluding hydrogens is 322 g/mol. The van der Waals surface area contributed by atoms with Crippen LogP contribution < -0.4 is 10.1 Å². The van der Waals surface area contributed by atoms with Gasteiger partial charge in [0.2, 0.25) is 0 Å². The number of aliphatic hydroxyl groups is 1. The molecule has 8 heteroatoms. The van der Waals surface area contributed by atoms with Gasteiger partial charge in [-0.1, -0.05) is 24.3 Å². The fourth-order valence-corrected chi connectivity index (χ4v) is 2.10. The van der Waals surface area contributed by atoms with E-state index < -0.39 is 17.6 Å². The summed E-state index contributed by atoms with van der Waals surface area (Å²) < 4.78 is 28.7. The van der Waals surface area contributed by atoms with Gasteiger partial charge in [0, 0.05) is 25.2 Å². The third-order valence-corrected chi connectivity index (χ3v) is 3.28. The minimum absolute atomic E-state index is 0.00892. The Morgan fingerprint density at radius 2 is 1.92 bits per heavy atom. The van der Waals surface area contributed by atoms with Crippen molar-refractivity contribution in [2.45, 2.75) is 19.3 Å². The van der Waals surface area contributed by atoms with Gasteiger partial charge in [0.15, 0.2) is 0 Å². The molecule has 6 nitrogen and oxygen atoms in total. The van der Waals surface area contributed by atoms with Gasteiger partial charge >= 0.3 is 6.61 Å². The standard InChI is InChI=1S/C16H16F2N2O4/c17-16(18)24-14-3-1-2-12(8-14)15(21)10-19-9-11-4-6-13(7-5-11)20(22)23/h1-8,15-16,19,21H,9-10H2. The predicted octanol–water partition coefficient (Wildman–Crippen LogP) is 3.02. The smallest absolute Gasteiger partial charge is 0.387 e. The van der Waals surface area contributed by atoms with Crippen LogP contribution in [0.1, 0.15) is 17.2 Å². The van der Waals surface area contributed by atoms with Crippen molar-refractivity contribution in [1.82, 2.24) is 5.32 Å². The van der Waals surface area contributed by atoms with Gasteiger partial charge < -0.3 is 15.2 Å². The minimum Gasteiger partial charge on any atom is -0.435 e. The van der Waals surface area contributed by atoms with Crippen molar-refractivity contribution in [3.05, 3.63) is 69.8 Å². The summed E-state index contributed by atoms with van der Waals surface area (Å²) in [5, 5.41) is 23.6. The van der Waals surface area contributed by atoms with E-state index in [1.165, 1.54) is 30.3 Å². The highest BCUT2D eigenvalue weighted by atomic mass is 19.3. The maximum absolute atomic E-state index is 12.2. The zero-order chi connectivity index (χ0) is 17.5. The van der Waals surface area contributed by atoms with E-state index in [1.807, 2.05) is 0 Å². The van der Waals surface area contributed by atoms with E-state index in [-0.39, 0.29) is 18.0 Å². The first-order chi connectivity index (χ1) is 11.5. The summed E-state index contributed by atoms with van der Waals surface area (Å²) in [4.78, 5) is 10.1. The maximum Gasteiger partial charge on any atom is 0.387 e. The molecule has 24 heavy (non-hydrogen) atoms. The Bertz CT molecular complexity index is 680. The highest BCUT2D eigenvalue weighted by Gasteiger charge is 2.10. The van der Waals surface area contributed by atoms with E-state index in [1.54, 1.807) is 18.2 Å². The molecule has 0 aromatic heterocycles. The number of alkyl halides is 2. The van der Waals surface area contributed by atoms with E-state index in [9.17, 15) is 24.0 Å². The number of rotatable bonds is 8. The second-order valence-electron chi connectivity index (χ2n) is 5.02.